The summed E-state index contributed by atoms with van der Waals surface area (Å²) < 4.78 is 0. The zero-order valence-electron chi connectivity index (χ0n) is 5.87. The molecule has 1 rings (SSSR count). The first-order chi connectivity index (χ1) is 4.30. The van der Waals surface area contributed by atoms with Gasteiger partial charge in [0.1, 0.15) is 0 Å². The molecule has 0 aliphatic carbocycles. The number of benzene rings is 1. The van der Waals surface area contributed by atoms with E-state index < -0.39 is 0 Å². The molecule has 2 nitrogen and oxygen atoms in total. The second-order valence-electron chi connectivity index (χ2n) is 1.73. The van der Waals surface area contributed by atoms with Crippen LogP contribution in [-0.2, 0) is 0 Å². The standard InChI is InChI=1S/C7H7NO.Na/c8-7(9)6-4-2-1-3-5-6;/h1-5H,(H2,8,9);. The maximum Gasteiger partial charge on any atom is 0.248 e. The van der Waals surface area contributed by atoms with Crippen molar-refractivity contribution in [3.63, 3.8) is 0 Å². The van der Waals surface area contributed by atoms with Crippen LogP contribution in [0.15, 0.2) is 30.3 Å². The topological polar surface area (TPSA) is 43.1 Å². The summed E-state index contributed by atoms with van der Waals surface area (Å²) >= 11 is 0. The molecule has 0 saturated heterocycles. The predicted molar refractivity (Wildman–Crippen MR) is 40.7 cm³/mol. The first-order valence-corrected chi connectivity index (χ1v) is 2.65. The minimum absolute atomic E-state index is 0. The van der Waals surface area contributed by atoms with Gasteiger partial charge in [-0.2, -0.15) is 0 Å². The van der Waals surface area contributed by atoms with Crippen LogP contribution >= 0.6 is 0 Å². The summed E-state index contributed by atoms with van der Waals surface area (Å²) in [5, 5.41) is 0. The molecule has 47 valence electrons. The Morgan fingerprint density at radius 3 is 2.00 bits per heavy atom. The van der Waals surface area contributed by atoms with Crippen molar-refractivity contribution in [3.8, 4) is 0 Å². The van der Waals surface area contributed by atoms with Crippen molar-refractivity contribution < 1.29 is 4.79 Å². The van der Waals surface area contributed by atoms with Crippen LogP contribution in [0.1, 0.15) is 10.4 Å². The SMILES string of the molecule is NC(=O)c1ccccc1.[Na]. The minimum atomic E-state index is -0.379. The molecule has 0 bridgehead atoms. The number of hydrogen-bond donors (Lipinski definition) is 1. The second kappa shape index (κ2) is 4.50. The molecule has 0 aliphatic rings. The van der Waals surface area contributed by atoms with Crippen LogP contribution in [0.4, 0.5) is 0 Å². The van der Waals surface area contributed by atoms with E-state index >= 15 is 0 Å². The third-order valence-electron chi connectivity index (χ3n) is 1.06. The van der Waals surface area contributed by atoms with Crippen LogP contribution in [0.5, 0.6) is 0 Å². The number of carbonyl (C=O) groups excluding carboxylic acids is 1. The van der Waals surface area contributed by atoms with E-state index in [1.165, 1.54) is 0 Å². The smallest absolute Gasteiger partial charge is 0.248 e. The zero-order valence-corrected chi connectivity index (χ0v) is 7.87. The van der Waals surface area contributed by atoms with Crippen LogP contribution in [-0.4, -0.2) is 35.5 Å². The van der Waals surface area contributed by atoms with Crippen molar-refractivity contribution in [2.24, 2.45) is 5.73 Å². The third-order valence-corrected chi connectivity index (χ3v) is 1.06. The molecule has 0 aromatic heterocycles. The van der Waals surface area contributed by atoms with Crippen LogP contribution in [0.25, 0.3) is 0 Å². The molecule has 1 amide bonds. The molecule has 10 heavy (non-hydrogen) atoms. The van der Waals surface area contributed by atoms with Crippen LogP contribution in [0.3, 0.4) is 0 Å². The molecule has 0 atom stereocenters. The number of nitrogens with two attached hydrogens (primary N) is 1. The monoisotopic (exact) mass is 144 g/mol. The van der Waals surface area contributed by atoms with E-state index in [0.29, 0.717) is 5.56 Å². The number of hydrogen-bond acceptors (Lipinski definition) is 1. The Morgan fingerprint density at radius 1 is 1.20 bits per heavy atom. The normalized spacial score (nSPS) is 8.00. The van der Waals surface area contributed by atoms with Crippen LogP contribution in [0.2, 0.25) is 0 Å². The summed E-state index contributed by atoms with van der Waals surface area (Å²) in [7, 11) is 0. The van der Waals surface area contributed by atoms with E-state index in [9.17, 15) is 4.79 Å². The van der Waals surface area contributed by atoms with Crippen molar-refractivity contribution in [1.29, 1.82) is 0 Å². The summed E-state index contributed by atoms with van der Waals surface area (Å²) in [6, 6.07) is 8.76. The van der Waals surface area contributed by atoms with Gasteiger partial charge in [-0.25, -0.2) is 0 Å². The van der Waals surface area contributed by atoms with Crippen LogP contribution < -0.4 is 5.73 Å². The maximum absolute atomic E-state index is 10.4. The van der Waals surface area contributed by atoms with Gasteiger partial charge in [-0.3, -0.25) is 4.79 Å². The first-order valence-electron chi connectivity index (χ1n) is 2.65. The van der Waals surface area contributed by atoms with E-state index in [1.807, 2.05) is 6.07 Å². The molecule has 0 saturated carbocycles. The maximum atomic E-state index is 10.4. The fourth-order valence-corrected chi connectivity index (χ4v) is 0.602. The molecule has 2 N–H and O–H groups in total. The van der Waals surface area contributed by atoms with E-state index in [-0.39, 0.29) is 35.5 Å². The van der Waals surface area contributed by atoms with Crippen LogP contribution in [0, 0.1) is 0 Å². The molecule has 1 aromatic carbocycles. The molecule has 0 unspecified atom stereocenters. The van der Waals surface area contributed by atoms with Gasteiger partial charge < -0.3 is 5.73 Å². The summed E-state index contributed by atoms with van der Waals surface area (Å²) in [4.78, 5) is 10.4. The Bertz CT molecular complexity index is 210. The largest absolute Gasteiger partial charge is 0.366 e. The van der Waals surface area contributed by atoms with Gasteiger partial charge in [0.15, 0.2) is 0 Å². The van der Waals surface area contributed by atoms with Crippen molar-refractivity contribution in [1.82, 2.24) is 0 Å². The predicted octanol–water partition coefficient (Wildman–Crippen LogP) is 0.405. The molecule has 0 fully saturated rings. The zero-order chi connectivity index (χ0) is 6.69. The minimum Gasteiger partial charge on any atom is -0.366 e. The van der Waals surface area contributed by atoms with E-state index in [0.717, 1.165) is 0 Å². The molecule has 0 aliphatic heterocycles. The Kier molecular flexibility index (Phi) is 4.36. The number of amides is 1. The fraction of sp³-hybridized carbons (Fsp3) is 0. The second-order valence-corrected chi connectivity index (χ2v) is 1.73. The third kappa shape index (κ3) is 2.52. The first kappa shape index (κ1) is 9.69. The van der Waals surface area contributed by atoms with Gasteiger partial charge in [0, 0.05) is 35.1 Å². The average molecular weight is 144 g/mol. The summed E-state index contributed by atoms with van der Waals surface area (Å²) in [5.74, 6) is -0.379. The molecule has 1 aromatic rings. The van der Waals surface area contributed by atoms with Gasteiger partial charge in [-0.15, -0.1) is 0 Å². The quantitative estimate of drug-likeness (QED) is 0.570. The molecule has 0 heterocycles. The average Bonchev–Trinajstić information content (AvgIpc) is 1.90. The Morgan fingerprint density at radius 2 is 1.70 bits per heavy atom. The van der Waals surface area contributed by atoms with Gasteiger partial charge >= 0.3 is 0 Å². The number of rotatable bonds is 1. The van der Waals surface area contributed by atoms with Crippen molar-refractivity contribution in [2.75, 3.05) is 0 Å². The Balaban J connectivity index is 0.000000810. The Labute approximate surface area is 81.7 Å². The van der Waals surface area contributed by atoms with Gasteiger partial charge in [0.25, 0.3) is 0 Å². The van der Waals surface area contributed by atoms with Gasteiger partial charge in [-0.05, 0) is 12.1 Å². The van der Waals surface area contributed by atoms with Crippen molar-refractivity contribution in [2.45, 2.75) is 0 Å². The molecule has 1 radical (unpaired) electrons. The van der Waals surface area contributed by atoms with E-state index in [4.69, 9.17) is 5.73 Å². The molecule has 0 spiro atoms. The Hall–Kier alpha value is -0.310. The summed E-state index contributed by atoms with van der Waals surface area (Å²) in [6.45, 7) is 0. The van der Waals surface area contributed by atoms with Crippen molar-refractivity contribution in [3.05, 3.63) is 35.9 Å². The number of carbonyl (C=O) groups is 1. The molecular weight excluding hydrogens is 137 g/mol. The molecule has 3 heteroatoms. The van der Waals surface area contributed by atoms with Gasteiger partial charge in [-0.1, -0.05) is 18.2 Å². The van der Waals surface area contributed by atoms with E-state index in [2.05, 4.69) is 0 Å². The fourth-order valence-electron chi connectivity index (χ4n) is 0.602. The summed E-state index contributed by atoms with van der Waals surface area (Å²) in [5.41, 5.74) is 5.53. The number of primary amides is 1. The van der Waals surface area contributed by atoms with Gasteiger partial charge in [0.05, 0.1) is 0 Å². The van der Waals surface area contributed by atoms with E-state index in [1.54, 1.807) is 24.3 Å². The molecular formula is C7H7NNaO. The summed E-state index contributed by atoms with van der Waals surface area (Å²) in [6.07, 6.45) is 0. The van der Waals surface area contributed by atoms with Gasteiger partial charge in [0.2, 0.25) is 5.91 Å². The van der Waals surface area contributed by atoms with Crippen molar-refractivity contribution >= 4 is 35.5 Å².